The summed E-state index contributed by atoms with van der Waals surface area (Å²) in [5, 5.41) is 55.5. The van der Waals surface area contributed by atoms with Crippen LogP contribution in [0.5, 0.6) is 0 Å². The lowest BCUT2D eigenvalue weighted by Gasteiger charge is -2.37. The number of nitro groups is 1. The van der Waals surface area contributed by atoms with Gasteiger partial charge in [-0.2, -0.15) is 0 Å². The maximum absolute atomic E-state index is 10.2. The van der Waals surface area contributed by atoms with Gasteiger partial charge in [0, 0.05) is 0 Å². The molecular weight excluding hydrogens is 214 g/mol. The highest BCUT2D eigenvalue weighted by atomic mass is 16.7. The lowest BCUT2D eigenvalue weighted by molar-refractivity contribution is -0.591. The number of aliphatic hydroxyl groups excluding tert-OH is 5. The lowest BCUT2D eigenvalue weighted by atomic mass is 9.98. The molecule has 1 saturated heterocycles. The molecule has 0 aliphatic carbocycles. The van der Waals surface area contributed by atoms with Crippen LogP contribution in [0, 0.1) is 10.1 Å². The van der Waals surface area contributed by atoms with Crippen LogP contribution >= 0.6 is 0 Å². The third-order valence-electron chi connectivity index (χ3n) is 2.13. The van der Waals surface area contributed by atoms with Gasteiger partial charge < -0.3 is 30.3 Å². The van der Waals surface area contributed by atoms with Crippen molar-refractivity contribution >= 4 is 0 Å². The summed E-state index contributed by atoms with van der Waals surface area (Å²) in [7, 11) is 0. The zero-order valence-electron chi connectivity index (χ0n) is 7.37. The van der Waals surface area contributed by atoms with Crippen molar-refractivity contribution in [1.82, 2.24) is 0 Å². The molecule has 1 rings (SSSR count). The molecule has 9 nitrogen and oxygen atoms in total. The van der Waals surface area contributed by atoms with E-state index in [4.69, 9.17) is 20.4 Å². The van der Waals surface area contributed by atoms with E-state index in [2.05, 4.69) is 4.74 Å². The van der Waals surface area contributed by atoms with Crippen molar-refractivity contribution in [3.05, 3.63) is 10.1 Å². The second-order valence-electron chi connectivity index (χ2n) is 3.16. The van der Waals surface area contributed by atoms with Gasteiger partial charge >= 0.3 is 6.23 Å². The summed E-state index contributed by atoms with van der Waals surface area (Å²) in [6.45, 7) is 0. The van der Waals surface area contributed by atoms with E-state index in [-0.39, 0.29) is 0 Å². The quantitative estimate of drug-likeness (QED) is 0.183. The third kappa shape index (κ3) is 2.22. The van der Waals surface area contributed by atoms with Gasteiger partial charge in [-0.15, -0.1) is 0 Å². The van der Waals surface area contributed by atoms with Crippen LogP contribution in [0.15, 0.2) is 0 Å². The first-order chi connectivity index (χ1) is 6.86. The van der Waals surface area contributed by atoms with Crippen molar-refractivity contribution in [2.24, 2.45) is 0 Å². The predicted molar refractivity (Wildman–Crippen MR) is 41.9 cm³/mol. The van der Waals surface area contributed by atoms with Gasteiger partial charge in [-0.05, 0) is 0 Å². The monoisotopic (exact) mass is 225 g/mol. The molecule has 0 amide bonds. The number of hydrogen-bond acceptors (Lipinski definition) is 8. The molecule has 15 heavy (non-hydrogen) atoms. The molecule has 1 aliphatic heterocycles. The van der Waals surface area contributed by atoms with Crippen LogP contribution < -0.4 is 0 Å². The van der Waals surface area contributed by atoms with E-state index < -0.39 is 41.9 Å². The Morgan fingerprint density at radius 3 is 2.13 bits per heavy atom. The Hall–Kier alpha value is -0.840. The van der Waals surface area contributed by atoms with Crippen LogP contribution in [0.1, 0.15) is 0 Å². The van der Waals surface area contributed by atoms with E-state index in [0.29, 0.717) is 0 Å². The fourth-order valence-corrected chi connectivity index (χ4v) is 1.25. The van der Waals surface area contributed by atoms with Gasteiger partial charge in [-0.25, -0.2) is 0 Å². The molecule has 0 radical (unpaired) electrons. The van der Waals surface area contributed by atoms with E-state index in [1.54, 1.807) is 0 Å². The summed E-state index contributed by atoms with van der Waals surface area (Å²) in [5.74, 6) is 0. The van der Waals surface area contributed by atoms with Gasteiger partial charge in [-0.1, -0.05) is 0 Å². The Labute approximate surface area is 83.3 Å². The van der Waals surface area contributed by atoms with Gasteiger partial charge in [0.25, 0.3) is 0 Å². The van der Waals surface area contributed by atoms with Crippen molar-refractivity contribution in [2.75, 3.05) is 0 Å². The van der Waals surface area contributed by atoms with E-state index in [9.17, 15) is 15.2 Å². The lowest BCUT2D eigenvalue weighted by Crippen LogP contribution is -2.61. The second kappa shape index (κ2) is 4.35. The molecule has 1 fully saturated rings. The van der Waals surface area contributed by atoms with Crippen molar-refractivity contribution in [2.45, 2.75) is 36.9 Å². The zero-order valence-corrected chi connectivity index (χ0v) is 7.37. The van der Waals surface area contributed by atoms with Gasteiger partial charge in [0.1, 0.15) is 18.3 Å². The summed E-state index contributed by atoms with van der Waals surface area (Å²) in [6.07, 6.45) is -11.5. The van der Waals surface area contributed by atoms with Crippen LogP contribution in [0.4, 0.5) is 0 Å². The van der Waals surface area contributed by atoms with Crippen molar-refractivity contribution in [3.63, 3.8) is 0 Å². The predicted octanol–water partition coefficient (Wildman–Crippen LogP) is -3.62. The molecule has 88 valence electrons. The highest BCUT2D eigenvalue weighted by molar-refractivity contribution is 4.89. The minimum atomic E-state index is -2.29. The molecule has 0 aromatic heterocycles. The van der Waals surface area contributed by atoms with Gasteiger partial charge in [0.05, 0.1) is 4.92 Å². The number of ether oxygens (including phenoxy) is 1. The largest absolute Gasteiger partial charge is 0.387 e. The van der Waals surface area contributed by atoms with E-state index >= 15 is 0 Å². The summed E-state index contributed by atoms with van der Waals surface area (Å²) >= 11 is 0. The number of rotatable bonds is 2. The number of nitrogens with zero attached hydrogens (tertiary/aromatic N) is 1. The highest BCUT2D eigenvalue weighted by Crippen LogP contribution is 2.22. The summed E-state index contributed by atoms with van der Waals surface area (Å²) in [6, 6.07) is 0. The molecule has 1 aliphatic rings. The molecule has 5 N–H and O–H groups in total. The van der Waals surface area contributed by atoms with Gasteiger partial charge in [0.2, 0.25) is 0 Å². The maximum atomic E-state index is 10.2. The number of hydrogen-bond donors (Lipinski definition) is 5. The standard InChI is InChI=1S/C6H11NO8/c8-1-2(9)4(5(11)7(13)14)15-6(12)3(1)10/h1-6,8-12H/t1-,2-,3+,4-,5?,6+/m0/s1. The summed E-state index contributed by atoms with van der Waals surface area (Å²) in [4.78, 5) is 9.03. The Balaban J connectivity index is 2.78. The Morgan fingerprint density at radius 1 is 1.13 bits per heavy atom. The smallest absolute Gasteiger partial charge is 0.342 e. The Bertz CT molecular complexity index is 247. The van der Waals surface area contributed by atoms with Crippen LogP contribution in [-0.2, 0) is 4.74 Å². The van der Waals surface area contributed by atoms with E-state index in [0.717, 1.165) is 0 Å². The molecule has 0 spiro atoms. The molecule has 1 unspecified atom stereocenters. The molecule has 9 heteroatoms. The first-order valence-electron chi connectivity index (χ1n) is 4.05. The molecule has 0 bridgehead atoms. The van der Waals surface area contributed by atoms with Gasteiger partial charge in [-0.3, -0.25) is 10.1 Å². The normalized spacial score (nSPS) is 43.7. The van der Waals surface area contributed by atoms with Crippen LogP contribution in [0.2, 0.25) is 0 Å². The average Bonchev–Trinajstić information content (AvgIpc) is 2.19. The topological polar surface area (TPSA) is 154 Å². The molecule has 1 heterocycles. The maximum Gasteiger partial charge on any atom is 0.342 e. The first kappa shape index (κ1) is 12.2. The third-order valence-corrected chi connectivity index (χ3v) is 2.13. The molecule has 0 aromatic rings. The fraction of sp³-hybridized carbons (Fsp3) is 1.00. The number of aliphatic hydroxyl groups is 5. The highest BCUT2D eigenvalue weighted by Gasteiger charge is 2.49. The molecular formula is C6H11NO8. The van der Waals surface area contributed by atoms with Crippen LogP contribution in [0.25, 0.3) is 0 Å². The first-order valence-corrected chi connectivity index (χ1v) is 4.05. The average molecular weight is 225 g/mol. The Morgan fingerprint density at radius 2 is 1.67 bits per heavy atom. The second-order valence-corrected chi connectivity index (χ2v) is 3.16. The molecule has 0 saturated carbocycles. The van der Waals surface area contributed by atoms with Crippen molar-refractivity contribution < 1.29 is 35.2 Å². The summed E-state index contributed by atoms with van der Waals surface area (Å²) in [5.41, 5.74) is 0. The van der Waals surface area contributed by atoms with Crippen molar-refractivity contribution in [3.8, 4) is 0 Å². The molecule has 0 aromatic carbocycles. The fourth-order valence-electron chi connectivity index (χ4n) is 1.25. The molecule has 6 atom stereocenters. The minimum absolute atomic E-state index is 1.15. The van der Waals surface area contributed by atoms with Crippen LogP contribution in [0.3, 0.4) is 0 Å². The SMILES string of the molecule is O=[N+]([O-])C(O)[C@H]1O[C@@H](O)[C@H](O)[C@@H](O)[C@@H]1O. The van der Waals surface area contributed by atoms with Gasteiger partial charge in [0.15, 0.2) is 12.4 Å². The zero-order chi connectivity index (χ0) is 11.7. The van der Waals surface area contributed by atoms with E-state index in [1.807, 2.05) is 0 Å². The van der Waals surface area contributed by atoms with E-state index in [1.165, 1.54) is 0 Å². The Kier molecular flexibility index (Phi) is 3.54. The summed E-state index contributed by atoms with van der Waals surface area (Å²) < 4.78 is 4.41. The van der Waals surface area contributed by atoms with Crippen molar-refractivity contribution in [1.29, 1.82) is 0 Å². The minimum Gasteiger partial charge on any atom is -0.387 e. The van der Waals surface area contributed by atoms with Crippen LogP contribution in [-0.4, -0.2) is 67.4 Å².